The lowest BCUT2D eigenvalue weighted by Crippen LogP contribution is -1.91. The van der Waals surface area contributed by atoms with Gasteiger partial charge in [0.2, 0.25) is 0 Å². The molecule has 2 aromatic heterocycles. The summed E-state index contributed by atoms with van der Waals surface area (Å²) < 4.78 is 5.14. The third-order valence-corrected chi connectivity index (χ3v) is 4.50. The average Bonchev–Trinajstić information content (AvgIpc) is 3.02. The zero-order valence-corrected chi connectivity index (χ0v) is 13.5. The molecule has 22 heavy (non-hydrogen) atoms. The van der Waals surface area contributed by atoms with Crippen LogP contribution >= 0.6 is 23.1 Å². The molecule has 0 saturated heterocycles. The van der Waals surface area contributed by atoms with Crippen LogP contribution in [0, 0.1) is 0 Å². The predicted octanol–water partition coefficient (Wildman–Crippen LogP) is 3.98. The molecule has 2 heterocycles. The number of rotatable bonds is 6. The van der Waals surface area contributed by atoms with E-state index in [4.69, 9.17) is 4.74 Å². The molecule has 3 aromatic rings. The normalized spacial score (nSPS) is 10.4. The molecule has 0 atom stereocenters. The van der Waals surface area contributed by atoms with Crippen molar-refractivity contribution in [2.75, 3.05) is 12.4 Å². The average molecular weight is 330 g/mol. The summed E-state index contributed by atoms with van der Waals surface area (Å²) in [5.74, 6) is 1.59. The van der Waals surface area contributed by atoms with Gasteiger partial charge >= 0.3 is 0 Å². The maximum atomic E-state index is 5.14. The molecule has 0 aliphatic heterocycles. The van der Waals surface area contributed by atoms with Gasteiger partial charge in [-0.15, -0.1) is 11.3 Å². The largest absolute Gasteiger partial charge is 0.497 e. The Morgan fingerprint density at radius 1 is 1.18 bits per heavy atom. The second kappa shape index (κ2) is 7.24. The molecule has 0 aliphatic rings. The summed E-state index contributed by atoms with van der Waals surface area (Å²) in [5, 5.41) is 6.96. The van der Waals surface area contributed by atoms with E-state index >= 15 is 0 Å². The number of thiazole rings is 1. The van der Waals surface area contributed by atoms with E-state index in [2.05, 4.69) is 20.3 Å². The van der Waals surface area contributed by atoms with Gasteiger partial charge in [0.1, 0.15) is 5.75 Å². The van der Waals surface area contributed by atoms with Crippen LogP contribution in [0.15, 0.2) is 53.3 Å². The maximum Gasteiger partial charge on any atom is 0.187 e. The van der Waals surface area contributed by atoms with Crippen LogP contribution in [0.5, 0.6) is 5.75 Å². The van der Waals surface area contributed by atoms with Gasteiger partial charge < -0.3 is 10.1 Å². The van der Waals surface area contributed by atoms with E-state index in [0.29, 0.717) is 0 Å². The summed E-state index contributed by atoms with van der Waals surface area (Å²) in [5.41, 5.74) is 2.00. The smallest absolute Gasteiger partial charge is 0.187 e. The first kappa shape index (κ1) is 14.8. The van der Waals surface area contributed by atoms with E-state index in [0.717, 1.165) is 33.2 Å². The van der Waals surface area contributed by atoms with Crippen molar-refractivity contribution in [2.45, 2.75) is 10.9 Å². The first-order valence-corrected chi connectivity index (χ1v) is 8.45. The Morgan fingerprint density at radius 3 is 2.68 bits per heavy atom. The SMILES string of the molecule is COc1ccc(Nc2nc(CSc3ncccn3)cs2)cc1. The maximum absolute atomic E-state index is 5.14. The van der Waals surface area contributed by atoms with Crippen molar-refractivity contribution in [2.24, 2.45) is 0 Å². The van der Waals surface area contributed by atoms with E-state index in [1.165, 1.54) is 0 Å². The number of ether oxygens (including phenoxy) is 1. The van der Waals surface area contributed by atoms with Gasteiger partial charge in [-0.25, -0.2) is 15.0 Å². The molecule has 7 heteroatoms. The van der Waals surface area contributed by atoms with Crippen LogP contribution in [0.3, 0.4) is 0 Å². The van der Waals surface area contributed by atoms with Crippen LogP contribution < -0.4 is 10.1 Å². The van der Waals surface area contributed by atoms with Gasteiger partial charge in [0.15, 0.2) is 10.3 Å². The minimum atomic E-state index is 0.755. The van der Waals surface area contributed by atoms with Crippen molar-refractivity contribution in [1.82, 2.24) is 15.0 Å². The second-order valence-electron chi connectivity index (χ2n) is 4.32. The van der Waals surface area contributed by atoms with Crippen molar-refractivity contribution in [3.8, 4) is 5.75 Å². The van der Waals surface area contributed by atoms with Crippen LogP contribution in [0.25, 0.3) is 0 Å². The standard InChI is InChI=1S/C15H14N4OS2/c1-20-13-5-3-11(4-6-13)18-15-19-12(10-22-15)9-21-14-16-7-2-8-17-14/h2-8,10H,9H2,1H3,(H,18,19). The van der Waals surface area contributed by atoms with Crippen LogP contribution in [0.1, 0.15) is 5.69 Å². The summed E-state index contributed by atoms with van der Waals surface area (Å²) in [7, 11) is 1.66. The summed E-state index contributed by atoms with van der Waals surface area (Å²) in [6.45, 7) is 0. The van der Waals surface area contributed by atoms with Gasteiger partial charge in [-0.3, -0.25) is 0 Å². The molecule has 0 fully saturated rings. The summed E-state index contributed by atoms with van der Waals surface area (Å²) in [6.07, 6.45) is 3.49. The van der Waals surface area contributed by atoms with E-state index in [1.54, 1.807) is 42.6 Å². The van der Waals surface area contributed by atoms with E-state index in [9.17, 15) is 0 Å². The monoisotopic (exact) mass is 330 g/mol. The van der Waals surface area contributed by atoms with Crippen LogP contribution in [-0.4, -0.2) is 22.1 Å². The Kier molecular flexibility index (Phi) is 4.87. The Morgan fingerprint density at radius 2 is 1.95 bits per heavy atom. The highest BCUT2D eigenvalue weighted by molar-refractivity contribution is 7.98. The molecule has 0 saturated carbocycles. The van der Waals surface area contributed by atoms with Crippen LogP contribution in [-0.2, 0) is 5.75 Å². The zero-order valence-electron chi connectivity index (χ0n) is 11.9. The Balaban J connectivity index is 1.58. The lowest BCUT2D eigenvalue weighted by molar-refractivity contribution is 0.415. The third kappa shape index (κ3) is 3.96. The summed E-state index contributed by atoms with van der Waals surface area (Å²) in [4.78, 5) is 12.9. The molecule has 1 N–H and O–H groups in total. The summed E-state index contributed by atoms with van der Waals surface area (Å²) >= 11 is 3.16. The molecular formula is C15H14N4OS2. The number of methoxy groups -OCH3 is 1. The first-order valence-electron chi connectivity index (χ1n) is 6.59. The van der Waals surface area contributed by atoms with E-state index in [-0.39, 0.29) is 0 Å². The predicted molar refractivity (Wildman–Crippen MR) is 90.0 cm³/mol. The Hall–Kier alpha value is -2.12. The third-order valence-electron chi connectivity index (χ3n) is 2.78. The lowest BCUT2D eigenvalue weighted by atomic mass is 10.3. The number of aromatic nitrogens is 3. The van der Waals surface area contributed by atoms with Crippen molar-refractivity contribution in [3.63, 3.8) is 0 Å². The topological polar surface area (TPSA) is 59.9 Å². The van der Waals surface area contributed by atoms with Gasteiger partial charge in [0.05, 0.1) is 12.8 Å². The second-order valence-corrected chi connectivity index (χ2v) is 6.12. The molecule has 3 rings (SSSR count). The van der Waals surface area contributed by atoms with Crippen molar-refractivity contribution in [1.29, 1.82) is 0 Å². The Labute approximate surface area is 136 Å². The zero-order chi connectivity index (χ0) is 15.2. The molecule has 1 aromatic carbocycles. The number of hydrogen-bond acceptors (Lipinski definition) is 7. The molecule has 0 unspecified atom stereocenters. The van der Waals surface area contributed by atoms with Crippen LogP contribution in [0.2, 0.25) is 0 Å². The number of anilines is 2. The number of thioether (sulfide) groups is 1. The fourth-order valence-corrected chi connectivity index (χ4v) is 3.26. The molecular weight excluding hydrogens is 316 g/mol. The molecule has 0 amide bonds. The highest BCUT2D eigenvalue weighted by Crippen LogP contribution is 2.25. The molecule has 0 bridgehead atoms. The molecule has 0 radical (unpaired) electrons. The molecule has 0 spiro atoms. The van der Waals surface area contributed by atoms with Crippen LogP contribution in [0.4, 0.5) is 10.8 Å². The van der Waals surface area contributed by atoms with Gasteiger partial charge in [-0.2, -0.15) is 0 Å². The number of benzene rings is 1. The molecule has 0 aliphatic carbocycles. The first-order chi connectivity index (χ1) is 10.8. The lowest BCUT2D eigenvalue weighted by Gasteiger charge is -2.03. The highest BCUT2D eigenvalue weighted by atomic mass is 32.2. The molecule has 5 nitrogen and oxygen atoms in total. The van der Waals surface area contributed by atoms with Gasteiger partial charge in [-0.05, 0) is 30.3 Å². The Bertz CT molecular complexity index is 716. The fourth-order valence-electron chi connectivity index (χ4n) is 1.73. The van der Waals surface area contributed by atoms with E-state index < -0.39 is 0 Å². The minimum Gasteiger partial charge on any atom is -0.497 e. The van der Waals surface area contributed by atoms with E-state index in [1.807, 2.05) is 35.7 Å². The van der Waals surface area contributed by atoms with Gasteiger partial charge in [-0.1, -0.05) is 11.8 Å². The van der Waals surface area contributed by atoms with Crippen molar-refractivity contribution in [3.05, 3.63) is 53.8 Å². The van der Waals surface area contributed by atoms with Gasteiger partial charge in [0.25, 0.3) is 0 Å². The number of nitrogens with one attached hydrogen (secondary N) is 1. The molecule has 112 valence electrons. The number of hydrogen-bond donors (Lipinski definition) is 1. The van der Waals surface area contributed by atoms with Crippen molar-refractivity contribution >= 4 is 33.9 Å². The van der Waals surface area contributed by atoms with Crippen molar-refractivity contribution < 1.29 is 4.74 Å². The quantitative estimate of drug-likeness (QED) is 0.545. The summed E-state index contributed by atoms with van der Waals surface area (Å²) in [6, 6.07) is 9.57. The fraction of sp³-hybridized carbons (Fsp3) is 0.133. The number of nitrogens with zero attached hydrogens (tertiary/aromatic N) is 3. The van der Waals surface area contributed by atoms with Gasteiger partial charge in [0, 0.05) is 29.2 Å². The highest BCUT2D eigenvalue weighted by Gasteiger charge is 2.04. The minimum absolute atomic E-state index is 0.755.